The van der Waals surface area contributed by atoms with E-state index in [1.54, 1.807) is 13.2 Å². The second-order valence-corrected chi connectivity index (χ2v) is 8.32. The van der Waals surface area contributed by atoms with Crippen LogP contribution in [0.1, 0.15) is 24.0 Å². The second kappa shape index (κ2) is 8.69. The van der Waals surface area contributed by atoms with E-state index in [4.69, 9.17) is 9.47 Å². The first-order valence-corrected chi connectivity index (χ1v) is 10.5. The summed E-state index contributed by atoms with van der Waals surface area (Å²) >= 11 is 0. The van der Waals surface area contributed by atoms with Crippen LogP contribution in [-0.2, 0) is 20.2 Å². The van der Waals surface area contributed by atoms with Gasteiger partial charge in [0.2, 0.25) is 10.0 Å². The van der Waals surface area contributed by atoms with Gasteiger partial charge in [-0.2, -0.15) is 0 Å². The lowest BCUT2D eigenvalue weighted by Gasteiger charge is -2.38. The number of nitrogens with one attached hydrogen (secondary N) is 1. The maximum atomic E-state index is 12.5. The van der Waals surface area contributed by atoms with Crippen molar-refractivity contribution in [2.24, 2.45) is 0 Å². The van der Waals surface area contributed by atoms with E-state index in [0.29, 0.717) is 19.8 Å². The fraction of sp³-hybridized carbons (Fsp3) is 0.333. The van der Waals surface area contributed by atoms with Gasteiger partial charge in [-0.05, 0) is 30.5 Å². The minimum Gasteiger partial charge on any atom is -0.496 e. The molecule has 1 aliphatic heterocycles. The highest BCUT2D eigenvalue weighted by atomic mass is 32.2. The Labute approximate surface area is 161 Å². The molecule has 0 radical (unpaired) electrons. The van der Waals surface area contributed by atoms with Crippen LogP contribution in [0.2, 0.25) is 0 Å². The Bertz CT molecular complexity index is 872. The molecule has 1 aliphatic rings. The van der Waals surface area contributed by atoms with Crippen molar-refractivity contribution in [3.05, 3.63) is 71.1 Å². The maximum Gasteiger partial charge on any atom is 0.233 e. The van der Waals surface area contributed by atoms with Crippen molar-refractivity contribution in [3.8, 4) is 5.75 Å². The van der Waals surface area contributed by atoms with E-state index in [1.807, 2.05) is 54.6 Å². The van der Waals surface area contributed by atoms with Gasteiger partial charge in [-0.25, -0.2) is 13.1 Å². The van der Waals surface area contributed by atoms with Gasteiger partial charge < -0.3 is 9.47 Å². The van der Waals surface area contributed by atoms with E-state index in [-0.39, 0.29) is 5.41 Å². The lowest BCUT2D eigenvalue weighted by Crippen LogP contribution is -2.44. The van der Waals surface area contributed by atoms with Gasteiger partial charge in [-0.15, -0.1) is 0 Å². The summed E-state index contributed by atoms with van der Waals surface area (Å²) in [4.78, 5) is 0. The summed E-state index contributed by atoms with van der Waals surface area (Å²) in [7, 11) is -1.92. The zero-order valence-electron chi connectivity index (χ0n) is 15.4. The normalized spacial score (nSPS) is 17.1. The highest BCUT2D eigenvalue weighted by Crippen LogP contribution is 2.39. The van der Waals surface area contributed by atoms with Crippen LogP contribution in [0.4, 0.5) is 0 Å². The van der Waals surface area contributed by atoms with E-state index < -0.39 is 10.0 Å². The van der Waals surface area contributed by atoms with Crippen LogP contribution >= 0.6 is 0 Å². The van der Waals surface area contributed by atoms with E-state index >= 15 is 0 Å². The molecule has 1 N–H and O–H groups in total. The smallest absolute Gasteiger partial charge is 0.233 e. The third kappa shape index (κ3) is 4.97. The number of sulfonamides is 1. The zero-order chi connectivity index (χ0) is 19.2. The monoisotopic (exact) mass is 387 g/mol. The molecule has 0 bridgehead atoms. The van der Waals surface area contributed by atoms with Crippen molar-refractivity contribution in [1.82, 2.24) is 4.72 Å². The predicted octanol–water partition coefficient (Wildman–Crippen LogP) is 3.33. The molecule has 27 heavy (non-hydrogen) atoms. The van der Waals surface area contributed by atoms with E-state index in [0.717, 1.165) is 29.7 Å². The van der Waals surface area contributed by atoms with Gasteiger partial charge in [0.25, 0.3) is 0 Å². The average Bonchev–Trinajstić information content (AvgIpc) is 2.72. The van der Waals surface area contributed by atoms with E-state index in [9.17, 15) is 8.42 Å². The SMILES string of the molecule is COc1ccccc1C1(CNS(=O)(=O)/C=C/c2ccccc2)CCOCC1. The first kappa shape index (κ1) is 19.6. The van der Waals surface area contributed by atoms with Crippen molar-refractivity contribution >= 4 is 16.1 Å². The summed E-state index contributed by atoms with van der Waals surface area (Å²) in [5.41, 5.74) is 1.51. The summed E-state index contributed by atoms with van der Waals surface area (Å²) < 4.78 is 38.8. The number of hydrogen-bond acceptors (Lipinski definition) is 4. The van der Waals surface area contributed by atoms with Crippen molar-refractivity contribution in [3.63, 3.8) is 0 Å². The first-order valence-electron chi connectivity index (χ1n) is 8.99. The molecule has 144 valence electrons. The van der Waals surface area contributed by atoms with Crippen LogP contribution in [0.15, 0.2) is 60.0 Å². The molecule has 3 rings (SSSR count). The molecule has 0 atom stereocenters. The molecule has 0 unspecified atom stereocenters. The number of hydrogen-bond donors (Lipinski definition) is 1. The van der Waals surface area contributed by atoms with Crippen LogP contribution in [0.25, 0.3) is 6.08 Å². The lowest BCUT2D eigenvalue weighted by atomic mass is 9.74. The number of methoxy groups -OCH3 is 1. The van der Waals surface area contributed by atoms with Crippen molar-refractivity contribution in [2.75, 3.05) is 26.9 Å². The van der Waals surface area contributed by atoms with E-state index in [2.05, 4.69) is 4.72 Å². The predicted molar refractivity (Wildman–Crippen MR) is 107 cm³/mol. The second-order valence-electron chi connectivity index (χ2n) is 6.67. The lowest BCUT2D eigenvalue weighted by molar-refractivity contribution is 0.0509. The molecule has 0 aromatic heterocycles. The number of para-hydroxylation sites is 1. The van der Waals surface area contributed by atoms with Crippen LogP contribution in [0.3, 0.4) is 0 Å². The zero-order valence-corrected chi connectivity index (χ0v) is 16.2. The third-order valence-corrected chi connectivity index (χ3v) is 6.02. The molecule has 0 amide bonds. The van der Waals surface area contributed by atoms with E-state index in [1.165, 1.54) is 5.41 Å². The number of benzene rings is 2. The van der Waals surface area contributed by atoms with Gasteiger partial charge in [0.15, 0.2) is 0 Å². The standard InChI is InChI=1S/C21H25NO4S/c1-25-20-10-6-5-9-19(20)21(12-14-26-15-13-21)17-22-27(23,24)16-11-18-7-3-2-4-8-18/h2-11,16,22H,12-15,17H2,1H3/b16-11+. The summed E-state index contributed by atoms with van der Waals surface area (Å²) in [5.74, 6) is 0.776. The quantitative estimate of drug-likeness (QED) is 0.791. The van der Waals surface area contributed by atoms with Gasteiger partial charge in [0.05, 0.1) is 7.11 Å². The summed E-state index contributed by atoms with van der Waals surface area (Å²) in [6.07, 6.45) is 3.07. The first-order chi connectivity index (χ1) is 13.0. The summed E-state index contributed by atoms with van der Waals surface area (Å²) in [6.45, 7) is 1.50. The fourth-order valence-electron chi connectivity index (χ4n) is 3.41. The Balaban J connectivity index is 1.80. The molecule has 1 heterocycles. The molecule has 0 saturated carbocycles. The number of rotatable bonds is 7. The van der Waals surface area contributed by atoms with Crippen LogP contribution in [-0.4, -0.2) is 35.3 Å². The summed E-state index contributed by atoms with van der Waals surface area (Å²) in [5, 5.41) is 1.22. The van der Waals surface area contributed by atoms with Gasteiger partial charge in [-0.1, -0.05) is 48.5 Å². The Morgan fingerprint density at radius 1 is 1.07 bits per heavy atom. The van der Waals surface area contributed by atoms with Crippen LogP contribution in [0, 0.1) is 0 Å². The van der Waals surface area contributed by atoms with Crippen molar-refractivity contribution in [2.45, 2.75) is 18.3 Å². The molecular weight excluding hydrogens is 362 g/mol. The molecule has 2 aromatic rings. The molecular formula is C21H25NO4S. The van der Waals surface area contributed by atoms with Gasteiger partial charge >= 0.3 is 0 Å². The molecule has 6 heteroatoms. The molecule has 0 aliphatic carbocycles. The van der Waals surface area contributed by atoms with Crippen LogP contribution in [0.5, 0.6) is 5.75 Å². The summed E-state index contributed by atoms with van der Waals surface area (Å²) in [6, 6.07) is 17.2. The van der Waals surface area contributed by atoms with Crippen molar-refractivity contribution in [1.29, 1.82) is 0 Å². The Morgan fingerprint density at radius 3 is 2.44 bits per heavy atom. The average molecular weight is 388 g/mol. The molecule has 1 saturated heterocycles. The molecule has 0 spiro atoms. The fourth-order valence-corrected chi connectivity index (χ4v) is 4.32. The Morgan fingerprint density at radius 2 is 1.74 bits per heavy atom. The molecule has 5 nitrogen and oxygen atoms in total. The topological polar surface area (TPSA) is 64.6 Å². The maximum absolute atomic E-state index is 12.5. The van der Waals surface area contributed by atoms with Gasteiger partial charge in [0.1, 0.15) is 5.75 Å². The van der Waals surface area contributed by atoms with Gasteiger partial charge in [-0.3, -0.25) is 0 Å². The van der Waals surface area contributed by atoms with Gasteiger partial charge in [0, 0.05) is 36.1 Å². The minimum atomic E-state index is -3.56. The van der Waals surface area contributed by atoms with Crippen LogP contribution < -0.4 is 9.46 Å². The Hall–Kier alpha value is -2.15. The highest BCUT2D eigenvalue weighted by molar-refractivity contribution is 7.92. The third-order valence-electron chi connectivity index (χ3n) is 4.98. The molecule has 1 fully saturated rings. The number of ether oxygens (including phenoxy) is 2. The minimum absolute atomic E-state index is 0.304. The molecule has 2 aromatic carbocycles. The Kier molecular flexibility index (Phi) is 6.31. The highest BCUT2D eigenvalue weighted by Gasteiger charge is 2.37. The van der Waals surface area contributed by atoms with Crippen molar-refractivity contribution < 1.29 is 17.9 Å². The largest absolute Gasteiger partial charge is 0.496 e.